The zero-order chi connectivity index (χ0) is 12.8. The normalized spacial score (nSPS) is 16.5. The molecular formula is C14H20N2O2. The fourth-order valence-electron chi connectivity index (χ4n) is 1.99. The monoisotopic (exact) mass is 248 g/mol. The van der Waals surface area contributed by atoms with Gasteiger partial charge in [-0.15, -0.1) is 0 Å². The second-order valence-corrected chi connectivity index (χ2v) is 4.49. The summed E-state index contributed by atoms with van der Waals surface area (Å²) in [4.78, 5) is 14.0. The summed E-state index contributed by atoms with van der Waals surface area (Å²) >= 11 is 0. The number of aryl methyl sites for hydroxylation is 1. The van der Waals surface area contributed by atoms with Gasteiger partial charge in [0.2, 0.25) is 5.91 Å². The van der Waals surface area contributed by atoms with Crippen LogP contribution in [-0.2, 0) is 16.0 Å². The third kappa shape index (κ3) is 3.82. The highest BCUT2D eigenvalue weighted by molar-refractivity contribution is 5.92. The van der Waals surface area contributed by atoms with E-state index in [9.17, 15) is 4.79 Å². The molecule has 2 rings (SSSR count). The van der Waals surface area contributed by atoms with Crippen LogP contribution in [0.4, 0.5) is 5.69 Å². The molecule has 4 nitrogen and oxygen atoms in total. The predicted octanol–water partition coefficient (Wildman–Crippen LogP) is 1.52. The highest BCUT2D eigenvalue weighted by atomic mass is 16.5. The molecule has 0 spiro atoms. The molecule has 1 aliphatic rings. The first-order valence-corrected chi connectivity index (χ1v) is 6.47. The van der Waals surface area contributed by atoms with Crippen molar-refractivity contribution in [2.75, 3.05) is 38.2 Å². The van der Waals surface area contributed by atoms with Crippen molar-refractivity contribution in [1.29, 1.82) is 0 Å². The van der Waals surface area contributed by atoms with Gasteiger partial charge in [0, 0.05) is 18.8 Å². The number of anilines is 1. The summed E-state index contributed by atoms with van der Waals surface area (Å²) in [6.45, 7) is 5.67. The van der Waals surface area contributed by atoms with Gasteiger partial charge in [0.15, 0.2) is 0 Å². The maximum atomic E-state index is 11.8. The first-order chi connectivity index (χ1) is 8.78. The first kappa shape index (κ1) is 13.1. The van der Waals surface area contributed by atoms with E-state index in [0.29, 0.717) is 6.54 Å². The van der Waals surface area contributed by atoms with Crippen LogP contribution in [0, 0.1) is 0 Å². The van der Waals surface area contributed by atoms with E-state index in [1.165, 1.54) is 5.56 Å². The van der Waals surface area contributed by atoms with Crippen LogP contribution >= 0.6 is 0 Å². The van der Waals surface area contributed by atoms with Gasteiger partial charge in [-0.05, 0) is 24.1 Å². The maximum absolute atomic E-state index is 11.8. The Labute approximate surface area is 108 Å². The van der Waals surface area contributed by atoms with Crippen molar-refractivity contribution >= 4 is 11.6 Å². The first-order valence-electron chi connectivity index (χ1n) is 6.47. The summed E-state index contributed by atoms with van der Waals surface area (Å²) in [6, 6.07) is 8.00. The second-order valence-electron chi connectivity index (χ2n) is 4.49. The molecule has 98 valence electrons. The van der Waals surface area contributed by atoms with E-state index in [1.54, 1.807) is 0 Å². The molecule has 1 heterocycles. The van der Waals surface area contributed by atoms with Crippen molar-refractivity contribution in [2.24, 2.45) is 0 Å². The average Bonchev–Trinajstić information content (AvgIpc) is 2.40. The highest BCUT2D eigenvalue weighted by Gasteiger charge is 2.13. The summed E-state index contributed by atoms with van der Waals surface area (Å²) in [5, 5.41) is 2.92. The van der Waals surface area contributed by atoms with Crippen LogP contribution in [0.3, 0.4) is 0 Å². The molecule has 1 N–H and O–H groups in total. The Morgan fingerprint density at radius 3 is 2.56 bits per heavy atom. The zero-order valence-electron chi connectivity index (χ0n) is 10.8. The van der Waals surface area contributed by atoms with E-state index in [-0.39, 0.29) is 5.91 Å². The number of nitrogens with zero attached hydrogens (tertiary/aromatic N) is 1. The summed E-state index contributed by atoms with van der Waals surface area (Å²) in [6.07, 6.45) is 1.02. The van der Waals surface area contributed by atoms with E-state index in [1.807, 2.05) is 24.3 Å². The third-order valence-electron chi connectivity index (χ3n) is 3.12. The summed E-state index contributed by atoms with van der Waals surface area (Å²) in [5.41, 5.74) is 2.15. The quantitative estimate of drug-likeness (QED) is 0.878. The standard InChI is InChI=1S/C14H20N2O2/c1-2-12-3-5-13(6-4-12)15-14(17)11-16-7-9-18-10-8-16/h3-6H,2,7-11H2,1H3,(H,15,17). The van der Waals surface area contributed by atoms with Crippen LogP contribution in [-0.4, -0.2) is 43.7 Å². The van der Waals surface area contributed by atoms with Crippen molar-refractivity contribution < 1.29 is 9.53 Å². The molecule has 1 aromatic carbocycles. The zero-order valence-corrected chi connectivity index (χ0v) is 10.8. The fourth-order valence-corrected chi connectivity index (χ4v) is 1.99. The molecule has 0 aromatic heterocycles. The van der Waals surface area contributed by atoms with Gasteiger partial charge in [0.25, 0.3) is 0 Å². The van der Waals surface area contributed by atoms with Crippen LogP contribution in [0.1, 0.15) is 12.5 Å². The minimum atomic E-state index is 0.0427. The minimum Gasteiger partial charge on any atom is -0.379 e. The van der Waals surface area contributed by atoms with Crippen molar-refractivity contribution in [3.8, 4) is 0 Å². The van der Waals surface area contributed by atoms with E-state index >= 15 is 0 Å². The number of ether oxygens (including phenoxy) is 1. The predicted molar refractivity (Wildman–Crippen MR) is 71.7 cm³/mol. The van der Waals surface area contributed by atoms with Crippen molar-refractivity contribution in [2.45, 2.75) is 13.3 Å². The van der Waals surface area contributed by atoms with Crippen LogP contribution in [0.15, 0.2) is 24.3 Å². The Morgan fingerprint density at radius 1 is 1.28 bits per heavy atom. The summed E-state index contributed by atoms with van der Waals surface area (Å²) in [5.74, 6) is 0.0427. The van der Waals surface area contributed by atoms with Crippen LogP contribution in [0.25, 0.3) is 0 Å². The Morgan fingerprint density at radius 2 is 1.94 bits per heavy atom. The van der Waals surface area contributed by atoms with Gasteiger partial charge in [0.1, 0.15) is 0 Å². The number of morpholine rings is 1. The fraction of sp³-hybridized carbons (Fsp3) is 0.500. The van der Waals surface area contributed by atoms with E-state index < -0.39 is 0 Å². The molecule has 1 fully saturated rings. The average molecular weight is 248 g/mol. The molecule has 0 atom stereocenters. The topological polar surface area (TPSA) is 41.6 Å². The van der Waals surface area contributed by atoms with Gasteiger partial charge in [-0.1, -0.05) is 19.1 Å². The molecule has 18 heavy (non-hydrogen) atoms. The van der Waals surface area contributed by atoms with Gasteiger partial charge in [-0.3, -0.25) is 9.69 Å². The molecule has 1 saturated heterocycles. The SMILES string of the molecule is CCc1ccc(NC(=O)CN2CCOCC2)cc1. The van der Waals surface area contributed by atoms with Gasteiger partial charge in [-0.2, -0.15) is 0 Å². The molecule has 0 bridgehead atoms. The number of carbonyl (C=O) groups excluding carboxylic acids is 1. The number of hydrogen-bond donors (Lipinski definition) is 1. The number of amides is 1. The smallest absolute Gasteiger partial charge is 0.238 e. The Hall–Kier alpha value is -1.39. The Kier molecular flexibility index (Phi) is 4.73. The largest absolute Gasteiger partial charge is 0.379 e. The van der Waals surface area contributed by atoms with Crippen molar-refractivity contribution in [3.05, 3.63) is 29.8 Å². The lowest BCUT2D eigenvalue weighted by molar-refractivity contribution is -0.118. The maximum Gasteiger partial charge on any atom is 0.238 e. The molecule has 0 unspecified atom stereocenters. The molecule has 0 radical (unpaired) electrons. The number of hydrogen-bond acceptors (Lipinski definition) is 3. The van der Waals surface area contributed by atoms with Gasteiger partial charge >= 0.3 is 0 Å². The summed E-state index contributed by atoms with van der Waals surface area (Å²) in [7, 11) is 0. The summed E-state index contributed by atoms with van der Waals surface area (Å²) < 4.78 is 5.25. The van der Waals surface area contributed by atoms with Gasteiger partial charge in [0.05, 0.1) is 19.8 Å². The lowest BCUT2D eigenvalue weighted by Gasteiger charge is -2.25. The Balaban J connectivity index is 1.82. The van der Waals surface area contributed by atoms with Crippen LogP contribution < -0.4 is 5.32 Å². The molecular weight excluding hydrogens is 228 g/mol. The minimum absolute atomic E-state index is 0.0427. The van der Waals surface area contributed by atoms with Crippen molar-refractivity contribution in [1.82, 2.24) is 4.90 Å². The Bertz CT molecular complexity index is 383. The number of carbonyl (C=O) groups is 1. The number of benzene rings is 1. The van der Waals surface area contributed by atoms with Gasteiger partial charge < -0.3 is 10.1 Å². The molecule has 0 saturated carbocycles. The van der Waals surface area contributed by atoms with E-state index in [2.05, 4.69) is 17.1 Å². The molecule has 1 amide bonds. The molecule has 1 aromatic rings. The molecule has 0 aliphatic carbocycles. The molecule has 1 aliphatic heterocycles. The van der Waals surface area contributed by atoms with E-state index in [4.69, 9.17) is 4.74 Å². The number of nitrogens with one attached hydrogen (secondary N) is 1. The second kappa shape index (κ2) is 6.52. The van der Waals surface area contributed by atoms with Crippen LogP contribution in [0.5, 0.6) is 0 Å². The highest BCUT2D eigenvalue weighted by Crippen LogP contribution is 2.10. The van der Waals surface area contributed by atoms with Crippen LogP contribution in [0.2, 0.25) is 0 Å². The van der Waals surface area contributed by atoms with Crippen molar-refractivity contribution in [3.63, 3.8) is 0 Å². The number of rotatable bonds is 4. The third-order valence-corrected chi connectivity index (χ3v) is 3.12. The molecule has 4 heteroatoms. The lowest BCUT2D eigenvalue weighted by Crippen LogP contribution is -2.41. The van der Waals surface area contributed by atoms with E-state index in [0.717, 1.165) is 38.4 Å². The van der Waals surface area contributed by atoms with Gasteiger partial charge in [-0.25, -0.2) is 0 Å². The lowest BCUT2D eigenvalue weighted by atomic mass is 10.1.